The van der Waals surface area contributed by atoms with E-state index in [9.17, 15) is 19.4 Å². The molecule has 4 atom stereocenters. The molecule has 1 aromatic carbocycles. The van der Waals surface area contributed by atoms with Crippen molar-refractivity contribution in [2.24, 2.45) is 5.11 Å². The van der Waals surface area contributed by atoms with Gasteiger partial charge in [-0.1, -0.05) is 23.3 Å². The SMILES string of the molecule is [N-]=[N+]=N[C@]1(CO)O[C@@H](n2ccc(NCCc3c[nH]c4ccccc34)nc2=O)[C@@H](F)C1O. The Morgan fingerprint density at radius 1 is 1.42 bits per heavy atom. The first-order valence-corrected chi connectivity index (χ1v) is 9.54. The van der Waals surface area contributed by atoms with Crippen LogP contribution in [0.25, 0.3) is 21.3 Å². The Labute approximate surface area is 174 Å². The lowest BCUT2D eigenvalue weighted by Crippen LogP contribution is -2.43. The highest BCUT2D eigenvalue weighted by molar-refractivity contribution is 5.83. The second-order valence-corrected chi connectivity index (χ2v) is 7.13. The Morgan fingerprint density at radius 3 is 2.97 bits per heavy atom. The third kappa shape index (κ3) is 3.73. The van der Waals surface area contributed by atoms with E-state index in [4.69, 9.17) is 10.3 Å². The number of azide groups is 1. The van der Waals surface area contributed by atoms with Gasteiger partial charge in [-0.05, 0) is 29.6 Å². The summed E-state index contributed by atoms with van der Waals surface area (Å²) in [5.74, 6) is 0.290. The number of halogens is 1. The molecule has 11 nitrogen and oxygen atoms in total. The summed E-state index contributed by atoms with van der Waals surface area (Å²) >= 11 is 0. The van der Waals surface area contributed by atoms with Crippen molar-refractivity contribution in [3.05, 3.63) is 69.2 Å². The number of ether oxygens (including phenoxy) is 1. The fraction of sp³-hybridized carbons (Fsp3) is 0.368. The second kappa shape index (κ2) is 8.36. The van der Waals surface area contributed by atoms with Gasteiger partial charge in [0.05, 0.1) is 6.61 Å². The predicted octanol–water partition coefficient (Wildman–Crippen LogP) is 1.61. The molecule has 1 unspecified atom stereocenters. The molecule has 1 aliphatic rings. The molecule has 4 N–H and O–H groups in total. The van der Waals surface area contributed by atoms with Crippen LogP contribution in [0.3, 0.4) is 0 Å². The van der Waals surface area contributed by atoms with Gasteiger partial charge in [0.25, 0.3) is 0 Å². The lowest BCUT2D eigenvalue weighted by molar-refractivity contribution is -0.124. The van der Waals surface area contributed by atoms with E-state index in [0.29, 0.717) is 18.8 Å². The standard InChI is InChI=1S/C19H20FN7O4/c20-15-16(29)19(10-28,25-26-21)31-17(15)27-8-6-14(24-18(27)30)22-7-5-11-9-23-13-4-2-1-3-12(11)13/h1-4,6,8-9,15-17,23,28-29H,5,7,10H2,(H,22,24,30)/t15-,16?,17+,19+/m0/s1. The molecule has 31 heavy (non-hydrogen) atoms. The largest absolute Gasteiger partial charge is 0.393 e. The molecule has 2 aromatic heterocycles. The zero-order valence-electron chi connectivity index (χ0n) is 16.2. The topological polar surface area (TPSA) is 161 Å². The zero-order valence-corrected chi connectivity index (χ0v) is 16.2. The van der Waals surface area contributed by atoms with Gasteiger partial charge in [0.15, 0.2) is 12.4 Å². The van der Waals surface area contributed by atoms with Gasteiger partial charge in [-0.2, -0.15) is 4.98 Å². The molecule has 0 spiro atoms. The molecule has 1 saturated heterocycles. The van der Waals surface area contributed by atoms with Gasteiger partial charge < -0.3 is 25.3 Å². The number of alkyl halides is 1. The van der Waals surface area contributed by atoms with Gasteiger partial charge in [0.2, 0.25) is 5.72 Å². The number of aromatic amines is 1. The summed E-state index contributed by atoms with van der Waals surface area (Å²) in [6, 6.07) is 9.38. The van der Waals surface area contributed by atoms with Crippen LogP contribution in [0.1, 0.15) is 11.8 Å². The molecular formula is C19H20FN7O4. The van der Waals surface area contributed by atoms with Crippen molar-refractivity contribution in [2.75, 3.05) is 18.5 Å². The van der Waals surface area contributed by atoms with Crippen molar-refractivity contribution >= 4 is 16.7 Å². The molecule has 162 valence electrons. The van der Waals surface area contributed by atoms with Crippen molar-refractivity contribution in [3.63, 3.8) is 0 Å². The molecule has 3 heterocycles. The van der Waals surface area contributed by atoms with E-state index in [0.717, 1.165) is 21.0 Å². The number of H-pyrrole nitrogens is 1. The third-order valence-electron chi connectivity index (χ3n) is 5.28. The van der Waals surface area contributed by atoms with Crippen LogP contribution in [0, 0.1) is 0 Å². The van der Waals surface area contributed by atoms with E-state index in [1.165, 1.54) is 12.3 Å². The van der Waals surface area contributed by atoms with E-state index in [1.807, 2.05) is 30.5 Å². The van der Waals surface area contributed by atoms with Gasteiger partial charge in [-0.15, -0.1) is 0 Å². The summed E-state index contributed by atoms with van der Waals surface area (Å²) in [6.45, 7) is -0.446. The van der Waals surface area contributed by atoms with Crippen LogP contribution in [0.5, 0.6) is 0 Å². The van der Waals surface area contributed by atoms with Gasteiger partial charge in [-0.25, -0.2) is 9.18 Å². The lowest BCUT2D eigenvalue weighted by atomic mass is 10.1. The fourth-order valence-corrected chi connectivity index (χ4v) is 3.65. The first kappa shape index (κ1) is 20.8. The highest BCUT2D eigenvalue weighted by Crippen LogP contribution is 2.39. The number of aliphatic hydroxyl groups excluding tert-OH is 2. The highest BCUT2D eigenvalue weighted by Gasteiger charge is 2.56. The van der Waals surface area contributed by atoms with Crippen LogP contribution in [0.2, 0.25) is 0 Å². The minimum absolute atomic E-state index is 0.290. The Hall–Kier alpha value is -3.44. The second-order valence-electron chi connectivity index (χ2n) is 7.13. The number of hydrogen-bond donors (Lipinski definition) is 4. The van der Waals surface area contributed by atoms with Crippen molar-refractivity contribution in [1.29, 1.82) is 0 Å². The summed E-state index contributed by atoms with van der Waals surface area (Å²) in [4.78, 5) is 22.0. The van der Waals surface area contributed by atoms with Crippen LogP contribution in [-0.2, 0) is 11.2 Å². The van der Waals surface area contributed by atoms with Crippen molar-refractivity contribution in [3.8, 4) is 0 Å². The number of fused-ring (bicyclic) bond motifs is 1. The number of anilines is 1. The maximum atomic E-state index is 14.6. The van der Waals surface area contributed by atoms with E-state index in [1.54, 1.807) is 0 Å². The lowest BCUT2D eigenvalue weighted by Gasteiger charge is -2.23. The summed E-state index contributed by atoms with van der Waals surface area (Å²) < 4.78 is 20.6. The molecule has 4 rings (SSSR count). The van der Waals surface area contributed by atoms with E-state index < -0.39 is 36.5 Å². The predicted molar refractivity (Wildman–Crippen MR) is 109 cm³/mol. The third-order valence-corrected chi connectivity index (χ3v) is 5.28. The number of nitrogens with one attached hydrogen (secondary N) is 2. The monoisotopic (exact) mass is 429 g/mol. The summed E-state index contributed by atoms with van der Waals surface area (Å²) in [5, 5.41) is 26.8. The van der Waals surface area contributed by atoms with Gasteiger partial charge >= 0.3 is 5.69 Å². The van der Waals surface area contributed by atoms with E-state index >= 15 is 0 Å². The van der Waals surface area contributed by atoms with Crippen molar-refractivity contribution < 1.29 is 19.3 Å². The van der Waals surface area contributed by atoms with E-state index in [2.05, 4.69) is 25.3 Å². The number of aromatic nitrogens is 3. The van der Waals surface area contributed by atoms with Crippen LogP contribution in [-0.4, -0.2) is 55.9 Å². The van der Waals surface area contributed by atoms with Gasteiger partial charge in [-0.3, -0.25) is 4.57 Å². The van der Waals surface area contributed by atoms with Gasteiger partial charge in [0.1, 0.15) is 11.9 Å². The number of para-hydroxylation sites is 1. The van der Waals surface area contributed by atoms with Crippen LogP contribution < -0.4 is 11.0 Å². The highest BCUT2D eigenvalue weighted by atomic mass is 19.1. The quantitative estimate of drug-likeness (QED) is 0.253. The average molecular weight is 429 g/mol. The molecule has 0 aliphatic carbocycles. The summed E-state index contributed by atoms with van der Waals surface area (Å²) in [7, 11) is 0. The van der Waals surface area contributed by atoms with E-state index in [-0.39, 0.29) is 0 Å². The normalized spacial score (nSPS) is 25.5. The Kier molecular flexibility index (Phi) is 5.61. The molecule has 0 amide bonds. The van der Waals surface area contributed by atoms with Crippen LogP contribution >= 0.6 is 0 Å². The van der Waals surface area contributed by atoms with Crippen LogP contribution in [0.4, 0.5) is 10.2 Å². The number of nitrogens with zero attached hydrogens (tertiary/aromatic N) is 5. The average Bonchev–Trinajstić information content (AvgIpc) is 3.29. The molecule has 1 aliphatic heterocycles. The molecule has 3 aromatic rings. The van der Waals surface area contributed by atoms with Crippen molar-refractivity contribution in [1.82, 2.24) is 14.5 Å². The molecule has 0 bridgehead atoms. The first-order valence-electron chi connectivity index (χ1n) is 9.54. The molecule has 0 saturated carbocycles. The number of benzene rings is 1. The molecule has 12 heteroatoms. The minimum Gasteiger partial charge on any atom is -0.393 e. The Morgan fingerprint density at radius 2 is 2.23 bits per heavy atom. The number of aliphatic hydroxyl groups is 2. The van der Waals surface area contributed by atoms with Crippen LogP contribution in [0.15, 0.2) is 52.6 Å². The molecular weight excluding hydrogens is 409 g/mol. The molecule has 0 radical (unpaired) electrons. The zero-order chi connectivity index (χ0) is 22.0. The number of hydrogen-bond acceptors (Lipinski definition) is 7. The maximum Gasteiger partial charge on any atom is 0.351 e. The maximum absolute atomic E-state index is 14.6. The smallest absolute Gasteiger partial charge is 0.351 e. The summed E-state index contributed by atoms with van der Waals surface area (Å²) in [5.41, 5.74) is 7.74. The Bertz CT molecular complexity index is 1190. The Balaban J connectivity index is 1.46. The minimum atomic E-state index is -2.21. The summed E-state index contributed by atoms with van der Waals surface area (Å²) in [6.07, 6.45) is -1.79. The first-order chi connectivity index (χ1) is 15.0. The number of rotatable bonds is 7. The van der Waals surface area contributed by atoms with Gasteiger partial charge in [0, 0.05) is 34.8 Å². The molecule has 1 fully saturated rings. The fourth-order valence-electron chi connectivity index (χ4n) is 3.65. The van der Waals surface area contributed by atoms with Crippen molar-refractivity contribution in [2.45, 2.75) is 30.6 Å².